The molecule has 4 nitrogen and oxygen atoms in total. The third-order valence-corrected chi connectivity index (χ3v) is 4.74. The molecule has 4 heteroatoms. The first-order valence-corrected chi connectivity index (χ1v) is 8.10. The average Bonchev–Trinajstić information content (AvgIpc) is 3.20. The minimum atomic E-state index is -0.938. The van der Waals surface area contributed by atoms with E-state index in [1.807, 2.05) is 36.5 Å². The Balaban J connectivity index is 1.94. The van der Waals surface area contributed by atoms with E-state index in [4.69, 9.17) is 0 Å². The second-order valence-electron chi connectivity index (χ2n) is 6.23. The summed E-state index contributed by atoms with van der Waals surface area (Å²) in [6.07, 6.45) is 3.96. The van der Waals surface area contributed by atoms with E-state index in [0.29, 0.717) is 5.69 Å². The summed E-state index contributed by atoms with van der Waals surface area (Å²) < 4.78 is 0. The molecule has 120 valence electrons. The summed E-state index contributed by atoms with van der Waals surface area (Å²) in [6.45, 7) is 1.03. The van der Waals surface area contributed by atoms with Crippen LogP contribution in [0.4, 0.5) is 5.69 Å². The van der Waals surface area contributed by atoms with Crippen LogP contribution in [0.2, 0.25) is 0 Å². The number of hydrogen-bond acceptors (Lipinski definition) is 3. The van der Waals surface area contributed by atoms with E-state index in [0.717, 1.165) is 41.6 Å². The number of aliphatic imine (C=N–C) groups is 1. The topological polar surface area (TPSA) is 52.9 Å². The molecule has 2 aromatic carbocycles. The zero-order chi connectivity index (χ0) is 16.7. The van der Waals surface area contributed by atoms with E-state index in [1.165, 1.54) is 5.70 Å². The van der Waals surface area contributed by atoms with Crippen molar-refractivity contribution >= 4 is 23.4 Å². The summed E-state index contributed by atoms with van der Waals surface area (Å²) in [5.41, 5.74) is 6.00. The van der Waals surface area contributed by atoms with Gasteiger partial charge in [0.1, 0.15) is 0 Å². The number of carboxylic acid groups (broad SMARTS) is 1. The van der Waals surface area contributed by atoms with Crippen molar-refractivity contribution in [2.45, 2.75) is 12.8 Å². The third-order valence-electron chi connectivity index (χ3n) is 4.74. The Bertz CT molecular complexity index is 882. The summed E-state index contributed by atoms with van der Waals surface area (Å²) in [7, 11) is 2.08. The van der Waals surface area contributed by atoms with Crippen molar-refractivity contribution in [3.8, 4) is 11.1 Å². The zero-order valence-corrected chi connectivity index (χ0v) is 13.5. The molecule has 0 saturated carbocycles. The molecular formula is C20H18N2O2. The number of likely N-dealkylation sites (tertiary alicyclic amines) is 1. The molecule has 0 radical (unpaired) electrons. The molecule has 2 aromatic rings. The van der Waals surface area contributed by atoms with Gasteiger partial charge in [0.05, 0.1) is 11.3 Å². The van der Waals surface area contributed by atoms with Gasteiger partial charge in [-0.25, -0.2) is 4.79 Å². The second-order valence-corrected chi connectivity index (χ2v) is 6.23. The van der Waals surface area contributed by atoms with Gasteiger partial charge in [-0.3, -0.25) is 4.99 Å². The summed E-state index contributed by atoms with van der Waals surface area (Å²) in [5.74, 6) is -0.938. The summed E-state index contributed by atoms with van der Waals surface area (Å²) in [6, 6.07) is 13.7. The number of fused-ring (bicyclic) bond motifs is 1. The second kappa shape index (κ2) is 5.64. The summed E-state index contributed by atoms with van der Waals surface area (Å²) in [4.78, 5) is 18.4. The van der Waals surface area contributed by atoms with Gasteiger partial charge in [0.15, 0.2) is 0 Å². The van der Waals surface area contributed by atoms with Gasteiger partial charge in [-0.2, -0.15) is 0 Å². The molecule has 1 N–H and O–H groups in total. The van der Waals surface area contributed by atoms with Crippen LogP contribution in [0.3, 0.4) is 0 Å². The average molecular weight is 318 g/mol. The Morgan fingerprint density at radius 2 is 1.96 bits per heavy atom. The highest BCUT2D eigenvalue weighted by Gasteiger charge is 2.26. The molecule has 0 unspecified atom stereocenters. The first-order chi connectivity index (χ1) is 11.6. The van der Waals surface area contributed by atoms with Gasteiger partial charge in [-0.1, -0.05) is 30.3 Å². The van der Waals surface area contributed by atoms with E-state index in [9.17, 15) is 9.90 Å². The summed E-state index contributed by atoms with van der Waals surface area (Å²) >= 11 is 0. The molecule has 0 spiro atoms. The fourth-order valence-electron chi connectivity index (χ4n) is 3.52. The van der Waals surface area contributed by atoms with Gasteiger partial charge < -0.3 is 10.0 Å². The minimum absolute atomic E-state index is 0.263. The molecule has 0 bridgehead atoms. The maximum absolute atomic E-state index is 11.7. The van der Waals surface area contributed by atoms with Crippen molar-refractivity contribution < 1.29 is 9.90 Å². The van der Waals surface area contributed by atoms with Crippen LogP contribution in [0.25, 0.3) is 16.7 Å². The highest BCUT2D eigenvalue weighted by atomic mass is 16.4. The maximum atomic E-state index is 11.7. The number of carboxylic acids is 1. The summed E-state index contributed by atoms with van der Waals surface area (Å²) in [5, 5.41) is 9.62. The normalized spacial score (nSPS) is 19.0. The van der Waals surface area contributed by atoms with Crippen LogP contribution < -0.4 is 0 Å². The zero-order valence-electron chi connectivity index (χ0n) is 13.5. The number of nitrogens with zero attached hydrogens (tertiary/aromatic N) is 2. The lowest BCUT2D eigenvalue weighted by atomic mass is 9.94. The van der Waals surface area contributed by atoms with Crippen molar-refractivity contribution in [2.75, 3.05) is 13.6 Å². The molecule has 2 heterocycles. The SMILES string of the molecule is CN1CCCC1=C1C=Nc2c(C(=O)O)cc(-c3ccccc3)cc21. The van der Waals surface area contributed by atoms with Gasteiger partial charge in [-0.05, 0) is 36.1 Å². The van der Waals surface area contributed by atoms with Crippen LogP contribution in [0.5, 0.6) is 0 Å². The molecule has 4 rings (SSSR count). The van der Waals surface area contributed by atoms with Gasteiger partial charge in [-0.15, -0.1) is 0 Å². The van der Waals surface area contributed by atoms with Crippen LogP contribution in [0.1, 0.15) is 28.8 Å². The van der Waals surface area contributed by atoms with E-state index >= 15 is 0 Å². The maximum Gasteiger partial charge on any atom is 0.337 e. The smallest absolute Gasteiger partial charge is 0.337 e. The van der Waals surface area contributed by atoms with E-state index in [2.05, 4.69) is 23.0 Å². The lowest BCUT2D eigenvalue weighted by Crippen LogP contribution is -2.12. The van der Waals surface area contributed by atoms with Gasteiger partial charge >= 0.3 is 5.97 Å². The number of carbonyl (C=O) groups is 1. The molecule has 24 heavy (non-hydrogen) atoms. The van der Waals surface area contributed by atoms with Crippen molar-refractivity contribution in [2.24, 2.45) is 4.99 Å². The molecule has 0 amide bonds. The Hall–Kier alpha value is -2.88. The van der Waals surface area contributed by atoms with Crippen LogP contribution in [0.15, 0.2) is 53.2 Å². The fourth-order valence-corrected chi connectivity index (χ4v) is 3.52. The monoisotopic (exact) mass is 318 g/mol. The van der Waals surface area contributed by atoms with Crippen LogP contribution in [-0.4, -0.2) is 35.8 Å². The Kier molecular flexibility index (Phi) is 3.45. The van der Waals surface area contributed by atoms with Crippen molar-refractivity contribution in [1.82, 2.24) is 4.90 Å². The van der Waals surface area contributed by atoms with Crippen molar-refractivity contribution in [1.29, 1.82) is 0 Å². The number of benzene rings is 2. The highest BCUT2D eigenvalue weighted by Crippen LogP contribution is 2.41. The van der Waals surface area contributed by atoms with E-state index in [-0.39, 0.29) is 5.56 Å². The standard InChI is InChI=1S/C20H18N2O2/c1-22-9-5-8-18(22)17-12-21-19-15(17)10-14(11-16(19)20(23)24)13-6-3-2-4-7-13/h2-4,6-7,10-12H,5,8-9H2,1H3,(H,23,24). The molecule has 2 aliphatic rings. The molecule has 0 aromatic heterocycles. The number of rotatable bonds is 2. The minimum Gasteiger partial charge on any atom is -0.478 e. The Morgan fingerprint density at radius 3 is 2.62 bits per heavy atom. The quantitative estimate of drug-likeness (QED) is 0.902. The van der Waals surface area contributed by atoms with E-state index in [1.54, 1.807) is 6.07 Å². The predicted octanol–water partition coefficient (Wildman–Crippen LogP) is 4.20. The molecular weight excluding hydrogens is 300 g/mol. The van der Waals surface area contributed by atoms with E-state index < -0.39 is 5.97 Å². The first kappa shape index (κ1) is 14.7. The number of aromatic carboxylic acids is 1. The Morgan fingerprint density at radius 1 is 1.17 bits per heavy atom. The third kappa shape index (κ3) is 2.31. The molecule has 1 fully saturated rings. The largest absolute Gasteiger partial charge is 0.478 e. The van der Waals surface area contributed by atoms with Crippen LogP contribution >= 0.6 is 0 Å². The number of hydrogen-bond donors (Lipinski definition) is 1. The van der Waals surface area contributed by atoms with Gasteiger partial charge in [0, 0.05) is 36.6 Å². The molecule has 1 saturated heterocycles. The molecule has 0 atom stereocenters. The lowest BCUT2D eigenvalue weighted by molar-refractivity contribution is 0.0698. The van der Waals surface area contributed by atoms with Gasteiger partial charge in [0.2, 0.25) is 0 Å². The predicted molar refractivity (Wildman–Crippen MR) is 95.8 cm³/mol. The lowest BCUT2D eigenvalue weighted by Gasteiger charge is -2.16. The number of allylic oxidation sites excluding steroid dienone is 2. The highest BCUT2D eigenvalue weighted by molar-refractivity contribution is 6.20. The van der Waals surface area contributed by atoms with Crippen LogP contribution in [-0.2, 0) is 0 Å². The fraction of sp³-hybridized carbons (Fsp3) is 0.200. The molecule has 0 aliphatic carbocycles. The Labute approximate surface area is 140 Å². The molecule has 2 aliphatic heterocycles. The van der Waals surface area contributed by atoms with Crippen molar-refractivity contribution in [3.63, 3.8) is 0 Å². The first-order valence-electron chi connectivity index (χ1n) is 8.10. The van der Waals surface area contributed by atoms with Crippen LogP contribution in [0, 0.1) is 0 Å². The van der Waals surface area contributed by atoms with Gasteiger partial charge in [0.25, 0.3) is 0 Å². The van der Waals surface area contributed by atoms with Crippen molar-refractivity contribution in [3.05, 3.63) is 59.3 Å².